The van der Waals surface area contributed by atoms with Crippen molar-refractivity contribution in [1.29, 1.82) is 0 Å². The molecule has 106 valence electrons. The van der Waals surface area contributed by atoms with Gasteiger partial charge < -0.3 is 10.2 Å². The summed E-state index contributed by atoms with van der Waals surface area (Å²) in [7, 11) is 4.10. The lowest BCUT2D eigenvalue weighted by atomic mass is 10.1. The lowest BCUT2D eigenvalue weighted by molar-refractivity contribution is 0.883. The van der Waals surface area contributed by atoms with E-state index in [-0.39, 0.29) is 6.04 Å². The Morgan fingerprint density at radius 3 is 2.20 bits per heavy atom. The first-order chi connectivity index (χ1) is 9.47. The highest BCUT2D eigenvalue weighted by Gasteiger charge is 2.08. The van der Waals surface area contributed by atoms with Crippen LogP contribution in [0.25, 0.3) is 0 Å². The predicted molar refractivity (Wildman–Crippen MR) is 94.6 cm³/mol. The summed E-state index contributed by atoms with van der Waals surface area (Å²) in [5.74, 6) is 0. The van der Waals surface area contributed by atoms with Crippen LogP contribution in [-0.2, 0) is 0 Å². The van der Waals surface area contributed by atoms with Gasteiger partial charge in [-0.1, -0.05) is 28.1 Å². The van der Waals surface area contributed by atoms with E-state index < -0.39 is 0 Å². The summed E-state index contributed by atoms with van der Waals surface area (Å²) in [6.07, 6.45) is 0. The van der Waals surface area contributed by atoms with E-state index >= 15 is 0 Å². The third-order valence-electron chi connectivity index (χ3n) is 3.21. The van der Waals surface area contributed by atoms with E-state index in [2.05, 4.69) is 93.4 Å². The van der Waals surface area contributed by atoms with Crippen LogP contribution in [-0.4, -0.2) is 14.1 Å². The molecule has 20 heavy (non-hydrogen) atoms. The zero-order valence-corrected chi connectivity index (χ0v) is 15.0. The highest BCUT2D eigenvalue weighted by molar-refractivity contribution is 9.11. The summed E-state index contributed by atoms with van der Waals surface area (Å²) in [5, 5.41) is 3.52. The second-order valence-corrected chi connectivity index (χ2v) is 6.75. The van der Waals surface area contributed by atoms with Crippen molar-refractivity contribution < 1.29 is 0 Å². The van der Waals surface area contributed by atoms with Crippen LogP contribution in [0.2, 0.25) is 0 Å². The van der Waals surface area contributed by atoms with Crippen molar-refractivity contribution in [3.05, 3.63) is 57.0 Å². The van der Waals surface area contributed by atoms with Crippen molar-refractivity contribution in [2.75, 3.05) is 24.3 Å². The molecule has 2 aromatic carbocycles. The van der Waals surface area contributed by atoms with E-state index in [1.165, 1.54) is 11.3 Å². The van der Waals surface area contributed by atoms with Crippen molar-refractivity contribution >= 4 is 43.2 Å². The Hall–Kier alpha value is -1.00. The van der Waals surface area contributed by atoms with Crippen LogP contribution in [0.15, 0.2) is 51.4 Å². The zero-order valence-electron chi connectivity index (χ0n) is 11.8. The lowest BCUT2D eigenvalue weighted by Gasteiger charge is -2.19. The van der Waals surface area contributed by atoms with Crippen LogP contribution in [0.3, 0.4) is 0 Å². The average Bonchev–Trinajstić information content (AvgIpc) is 2.42. The van der Waals surface area contributed by atoms with Crippen LogP contribution in [0.1, 0.15) is 18.5 Å². The van der Waals surface area contributed by atoms with E-state index in [4.69, 9.17) is 0 Å². The summed E-state index contributed by atoms with van der Waals surface area (Å²) in [6, 6.07) is 15.0. The van der Waals surface area contributed by atoms with Crippen molar-refractivity contribution in [2.24, 2.45) is 0 Å². The lowest BCUT2D eigenvalue weighted by Crippen LogP contribution is -2.10. The summed E-state index contributed by atoms with van der Waals surface area (Å²) in [5.41, 5.74) is 3.58. The van der Waals surface area contributed by atoms with Crippen LogP contribution in [0.5, 0.6) is 0 Å². The number of anilines is 2. The fraction of sp³-hybridized carbons (Fsp3) is 0.250. The molecule has 2 aromatic rings. The van der Waals surface area contributed by atoms with Gasteiger partial charge in [-0.3, -0.25) is 0 Å². The first-order valence-electron chi connectivity index (χ1n) is 6.46. The molecule has 0 spiro atoms. The third-order valence-corrected chi connectivity index (χ3v) is 4.36. The van der Waals surface area contributed by atoms with Crippen molar-refractivity contribution in [3.8, 4) is 0 Å². The Morgan fingerprint density at radius 1 is 1.00 bits per heavy atom. The smallest absolute Gasteiger partial charge is 0.0490 e. The summed E-state index contributed by atoms with van der Waals surface area (Å²) in [4.78, 5) is 2.10. The number of halogens is 2. The number of nitrogens with one attached hydrogen (secondary N) is 1. The largest absolute Gasteiger partial charge is 0.378 e. The molecule has 0 bridgehead atoms. The molecule has 1 N–H and O–H groups in total. The number of hydrogen-bond donors (Lipinski definition) is 1. The summed E-state index contributed by atoms with van der Waals surface area (Å²) >= 11 is 7.05. The van der Waals surface area contributed by atoms with Gasteiger partial charge in [0.2, 0.25) is 0 Å². The zero-order chi connectivity index (χ0) is 14.7. The minimum atomic E-state index is 0.253. The highest BCUT2D eigenvalue weighted by Crippen LogP contribution is 2.29. The van der Waals surface area contributed by atoms with E-state index in [9.17, 15) is 0 Å². The van der Waals surface area contributed by atoms with Crippen LogP contribution in [0.4, 0.5) is 11.4 Å². The number of benzene rings is 2. The Morgan fingerprint density at radius 2 is 1.65 bits per heavy atom. The Balaban J connectivity index is 2.13. The second-order valence-electron chi connectivity index (χ2n) is 4.98. The molecule has 0 aliphatic carbocycles. The fourth-order valence-electron chi connectivity index (χ4n) is 1.98. The SMILES string of the molecule is CC(Nc1ccc(Br)cc1Br)c1ccc(N(C)C)cc1. The van der Waals surface area contributed by atoms with Gasteiger partial charge in [-0.15, -0.1) is 0 Å². The molecular formula is C16H18Br2N2. The van der Waals surface area contributed by atoms with Crippen molar-refractivity contribution in [3.63, 3.8) is 0 Å². The van der Waals surface area contributed by atoms with Gasteiger partial charge >= 0.3 is 0 Å². The molecule has 0 aromatic heterocycles. The average molecular weight is 398 g/mol. The van der Waals surface area contributed by atoms with Crippen molar-refractivity contribution in [2.45, 2.75) is 13.0 Å². The van der Waals surface area contributed by atoms with E-state index in [1.807, 2.05) is 12.1 Å². The molecule has 0 radical (unpaired) electrons. The van der Waals surface area contributed by atoms with Gasteiger partial charge in [0, 0.05) is 40.5 Å². The minimum Gasteiger partial charge on any atom is -0.378 e. The molecule has 1 atom stereocenters. The van der Waals surface area contributed by atoms with Gasteiger partial charge in [-0.05, 0) is 58.7 Å². The summed E-state index contributed by atoms with van der Waals surface area (Å²) in [6.45, 7) is 2.17. The van der Waals surface area contributed by atoms with Crippen LogP contribution in [0, 0.1) is 0 Å². The van der Waals surface area contributed by atoms with Gasteiger partial charge in [0.25, 0.3) is 0 Å². The molecule has 0 fully saturated rings. The predicted octanol–water partition coefficient (Wildman–Crippen LogP) is 5.45. The molecule has 0 aliphatic heterocycles. The van der Waals surface area contributed by atoms with E-state index in [1.54, 1.807) is 0 Å². The standard InChI is InChI=1S/C16H18Br2N2/c1-11(12-4-7-14(8-5-12)20(2)3)19-16-9-6-13(17)10-15(16)18/h4-11,19H,1-3H3. The molecule has 2 nitrogen and oxygen atoms in total. The van der Waals surface area contributed by atoms with Crippen LogP contribution >= 0.6 is 31.9 Å². The maximum absolute atomic E-state index is 3.58. The second kappa shape index (κ2) is 6.64. The Bertz CT molecular complexity index is 580. The Kier molecular flexibility index (Phi) is 5.11. The Labute approximate surface area is 137 Å². The first-order valence-corrected chi connectivity index (χ1v) is 8.05. The minimum absolute atomic E-state index is 0.253. The van der Waals surface area contributed by atoms with Gasteiger partial charge in [-0.25, -0.2) is 0 Å². The number of nitrogens with zero attached hydrogens (tertiary/aromatic N) is 1. The van der Waals surface area contributed by atoms with Gasteiger partial charge in [0.1, 0.15) is 0 Å². The molecule has 0 heterocycles. The van der Waals surface area contributed by atoms with E-state index in [0.29, 0.717) is 0 Å². The fourth-order valence-corrected chi connectivity index (χ4v) is 3.15. The molecule has 0 saturated carbocycles. The quantitative estimate of drug-likeness (QED) is 0.737. The normalized spacial score (nSPS) is 12.1. The molecule has 2 rings (SSSR count). The highest BCUT2D eigenvalue weighted by atomic mass is 79.9. The summed E-state index contributed by atoms with van der Waals surface area (Å²) < 4.78 is 2.13. The van der Waals surface area contributed by atoms with Gasteiger partial charge in [0.05, 0.1) is 0 Å². The molecule has 0 amide bonds. The molecule has 1 unspecified atom stereocenters. The number of hydrogen-bond acceptors (Lipinski definition) is 2. The first kappa shape index (κ1) is 15.4. The third kappa shape index (κ3) is 3.76. The molecule has 0 saturated heterocycles. The molecular weight excluding hydrogens is 380 g/mol. The van der Waals surface area contributed by atoms with Crippen molar-refractivity contribution in [1.82, 2.24) is 0 Å². The molecule has 4 heteroatoms. The van der Waals surface area contributed by atoms with Gasteiger partial charge in [0.15, 0.2) is 0 Å². The number of rotatable bonds is 4. The van der Waals surface area contributed by atoms with E-state index in [0.717, 1.165) is 14.6 Å². The monoisotopic (exact) mass is 396 g/mol. The maximum atomic E-state index is 3.58. The molecule has 0 aliphatic rings. The van der Waals surface area contributed by atoms with Crippen LogP contribution < -0.4 is 10.2 Å². The maximum Gasteiger partial charge on any atom is 0.0490 e. The topological polar surface area (TPSA) is 15.3 Å². The van der Waals surface area contributed by atoms with Gasteiger partial charge in [-0.2, -0.15) is 0 Å².